The smallest absolute Gasteiger partial charge is 0.322 e. The van der Waals surface area contributed by atoms with Gasteiger partial charge in [-0.15, -0.1) is 0 Å². The van der Waals surface area contributed by atoms with E-state index in [1.165, 1.54) is 0 Å². The maximum absolute atomic E-state index is 10.5. The Morgan fingerprint density at radius 3 is 2.92 bits per heavy atom. The van der Waals surface area contributed by atoms with Gasteiger partial charge < -0.3 is 27.0 Å². The first-order chi connectivity index (χ1) is 6.02. The van der Waals surface area contributed by atoms with Gasteiger partial charge in [-0.05, 0) is 0 Å². The molecule has 1 aliphatic rings. The molecule has 1 aliphatic heterocycles. The van der Waals surface area contributed by atoms with Crippen LogP contribution in [0.2, 0.25) is 0 Å². The molecule has 7 heteroatoms. The second kappa shape index (κ2) is 3.58. The number of nitrogens with one attached hydrogen (secondary N) is 1. The van der Waals surface area contributed by atoms with Crippen LogP contribution in [0.1, 0.15) is 0 Å². The molecular weight excluding hydrogens is 176 g/mol. The minimum Gasteiger partial charge on any atom is -0.480 e. The van der Waals surface area contributed by atoms with Crippen LogP contribution in [0, 0.1) is 0 Å². The Bertz CT molecular complexity index is 242. The van der Waals surface area contributed by atoms with Crippen molar-refractivity contribution in [3.05, 3.63) is 0 Å². The average molecular weight is 188 g/mol. The maximum Gasteiger partial charge on any atom is 0.322 e. The number of guanidine groups is 1. The summed E-state index contributed by atoms with van der Waals surface area (Å²) in [5.41, 5.74) is 10.6. The molecule has 0 radical (unpaired) electrons. The third-order valence-electron chi connectivity index (χ3n) is 1.85. The lowest BCUT2D eigenvalue weighted by molar-refractivity contribution is -0.140. The highest BCUT2D eigenvalue weighted by Crippen LogP contribution is 2.03. The molecule has 0 aromatic carbocycles. The number of hydrogen-bond acceptors (Lipinski definition) is 6. The molecule has 3 atom stereocenters. The summed E-state index contributed by atoms with van der Waals surface area (Å²) in [6.07, 6.45) is -0.918. The van der Waals surface area contributed by atoms with Crippen molar-refractivity contribution < 1.29 is 15.0 Å². The van der Waals surface area contributed by atoms with Crippen molar-refractivity contribution in [3.63, 3.8) is 0 Å². The first-order valence-corrected chi connectivity index (χ1v) is 3.75. The number of aliphatic carboxylic acids is 1. The van der Waals surface area contributed by atoms with Gasteiger partial charge in [-0.25, -0.2) is 0 Å². The van der Waals surface area contributed by atoms with Gasteiger partial charge in [-0.1, -0.05) is 0 Å². The Hall–Kier alpha value is -1.34. The van der Waals surface area contributed by atoms with Crippen molar-refractivity contribution in [2.75, 3.05) is 6.54 Å². The van der Waals surface area contributed by atoms with Crippen molar-refractivity contribution >= 4 is 11.9 Å². The van der Waals surface area contributed by atoms with Gasteiger partial charge in [-0.2, -0.15) is 0 Å². The normalized spacial score (nSPS) is 30.2. The molecule has 0 aromatic heterocycles. The predicted octanol–water partition coefficient (Wildman–Crippen LogP) is -2.95. The standard InChI is InChI=1S/C6H12N4O3/c7-3(5(12)13)4-2(11)1-9-6(8)10-4/h2-4,11H,1,7H2,(H,12,13)(H3,8,9,10)/t2-,3+,4-/m1/s1. The first kappa shape index (κ1) is 9.75. The molecule has 0 saturated carbocycles. The van der Waals surface area contributed by atoms with Crippen LogP contribution in [-0.4, -0.2) is 46.9 Å². The fourth-order valence-electron chi connectivity index (χ4n) is 1.10. The number of rotatable bonds is 2. The van der Waals surface area contributed by atoms with Gasteiger partial charge >= 0.3 is 5.97 Å². The molecule has 13 heavy (non-hydrogen) atoms. The number of nitrogens with two attached hydrogens (primary N) is 2. The van der Waals surface area contributed by atoms with E-state index in [1.807, 2.05) is 0 Å². The maximum atomic E-state index is 10.5. The summed E-state index contributed by atoms with van der Waals surface area (Å²) in [5, 5.41) is 20.4. The Kier molecular flexibility index (Phi) is 2.69. The summed E-state index contributed by atoms with van der Waals surface area (Å²) < 4.78 is 0. The molecule has 0 aliphatic carbocycles. The number of aliphatic imine (C=N–C) groups is 1. The molecule has 0 amide bonds. The summed E-state index contributed by atoms with van der Waals surface area (Å²) in [5.74, 6) is -1.08. The molecule has 0 spiro atoms. The first-order valence-electron chi connectivity index (χ1n) is 3.75. The van der Waals surface area contributed by atoms with Crippen LogP contribution in [0.25, 0.3) is 0 Å². The molecule has 1 heterocycles. The largest absolute Gasteiger partial charge is 0.480 e. The van der Waals surface area contributed by atoms with E-state index in [2.05, 4.69) is 10.3 Å². The van der Waals surface area contributed by atoms with Crippen LogP contribution in [0.5, 0.6) is 0 Å². The van der Waals surface area contributed by atoms with E-state index in [0.29, 0.717) is 0 Å². The fourth-order valence-corrected chi connectivity index (χ4v) is 1.10. The molecule has 74 valence electrons. The number of nitrogens with zero attached hydrogens (tertiary/aromatic N) is 1. The molecule has 7 N–H and O–H groups in total. The highest BCUT2D eigenvalue weighted by atomic mass is 16.4. The molecule has 0 saturated heterocycles. The minimum atomic E-state index is -1.19. The van der Waals surface area contributed by atoms with E-state index in [1.54, 1.807) is 0 Å². The topological polar surface area (TPSA) is 134 Å². The average Bonchev–Trinajstić information content (AvgIpc) is 2.08. The zero-order chi connectivity index (χ0) is 10.0. The quantitative estimate of drug-likeness (QED) is 0.314. The van der Waals surface area contributed by atoms with Crippen LogP contribution < -0.4 is 16.8 Å². The van der Waals surface area contributed by atoms with Gasteiger partial charge in [0.2, 0.25) is 0 Å². The lowest BCUT2D eigenvalue weighted by Gasteiger charge is -2.29. The second-order valence-electron chi connectivity index (χ2n) is 2.83. The number of aliphatic hydroxyl groups excluding tert-OH is 1. The fraction of sp³-hybridized carbons (Fsp3) is 0.667. The number of carboxylic acid groups (broad SMARTS) is 1. The van der Waals surface area contributed by atoms with E-state index in [9.17, 15) is 9.90 Å². The molecule has 0 fully saturated rings. The van der Waals surface area contributed by atoms with Crippen molar-refractivity contribution in [3.8, 4) is 0 Å². The van der Waals surface area contributed by atoms with Gasteiger partial charge in [0.05, 0.1) is 18.7 Å². The van der Waals surface area contributed by atoms with Crippen LogP contribution in [0.3, 0.4) is 0 Å². The van der Waals surface area contributed by atoms with Crippen molar-refractivity contribution in [1.29, 1.82) is 0 Å². The second-order valence-corrected chi connectivity index (χ2v) is 2.83. The predicted molar refractivity (Wildman–Crippen MR) is 45.0 cm³/mol. The molecule has 1 rings (SSSR count). The molecule has 0 unspecified atom stereocenters. The van der Waals surface area contributed by atoms with Crippen LogP contribution in [0.15, 0.2) is 4.99 Å². The number of aliphatic hydroxyl groups is 1. The van der Waals surface area contributed by atoms with E-state index < -0.39 is 24.2 Å². The monoisotopic (exact) mass is 188 g/mol. The molecular formula is C6H12N4O3. The lowest BCUT2D eigenvalue weighted by atomic mass is 10.0. The summed E-state index contributed by atoms with van der Waals surface area (Å²) in [6.45, 7) is 0.0739. The van der Waals surface area contributed by atoms with Gasteiger partial charge in [0.1, 0.15) is 6.04 Å². The number of hydrogen-bond donors (Lipinski definition) is 5. The Morgan fingerprint density at radius 2 is 2.38 bits per heavy atom. The summed E-state index contributed by atoms with van der Waals surface area (Å²) >= 11 is 0. The van der Waals surface area contributed by atoms with Crippen molar-refractivity contribution in [2.24, 2.45) is 16.5 Å². The van der Waals surface area contributed by atoms with Crippen LogP contribution in [-0.2, 0) is 4.79 Å². The summed E-state index contributed by atoms with van der Waals surface area (Å²) in [6, 6.07) is -1.97. The zero-order valence-electron chi connectivity index (χ0n) is 6.84. The van der Waals surface area contributed by atoms with Gasteiger partial charge in [0, 0.05) is 0 Å². The highest BCUT2D eigenvalue weighted by Gasteiger charge is 2.33. The zero-order valence-corrected chi connectivity index (χ0v) is 6.84. The Morgan fingerprint density at radius 1 is 1.77 bits per heavy atom. The summed E-state index contributed by atoms with van der Waals surface area (Å²) in [7, 11) is 0. The minimum absolute atomic E-state index is 0.0739. The SMILES string of the molecule is NC1=NC[C@@H](O)[C@H]([C@H](N)C(=O)O)N1. The van der Waals surface area contributed by atoms with E-state index >= 15 is 0 Å². The van der Waals surface area contributed by atoms with Crippen LogP contribution >= 0.6 is 0 Å². The number of carboxylic acids is 1. The Balaban J connectivity index is 2.69. The highest BCUT2D eigenvalue weighted by molar-refractivity contribution is 5.81. The lowest BCUT2D eigenvalue weighted by Crippen LogP contribution is -2.61. The van der Waals surface area contributed by atoms with E-state index in [0.717, 1.165) is 0 Å². The number of carbonyl (C=O) groups is 1. The third kappa shape index (κ3) is 2.07. The molecule has 7 nitrogen and oxygen atoms in total. The van der Waals surface area contributed by atoms with Gasteiger partial charge in [0.25, 0.3) is 0 Å². The van der Waals surface area contributed by atoms with Crippen molar-refractivity contribution in [1.82, 2.24) is 5.32 Å². The Labute approximate surface area is 74.4 Å². The third-order valence-corrected chi connectivity index (χ3v) is 1.85. The van der Waals surface area contributed by atoms with E-state index in [-0.39, 0.29) is 12.5 Å². The van der Waals surface area contributed by atoms with E-state index in [4.69, 9.17) is 16.6 Å². The molecule has 0 aromatic rings. The molecule has 0 bridgehead atoms. The van der Waals surface area contributed by atoms with Crippen LogP contribution in [0.4, 0.5) is 0 Å². The van der Waals surface area contributed by atoms with Gasteiger partial charge in [-0.3, -0.25) is 9.79 Å². The summed E-state index contributed by atoms with van der Waals surface area (Å²) in [4.78, 5) is 14.2. The van der Waals surface area contributed by atoms with Gasteiger partial charge in [0.15, 0.2) is 5.96 Å². The van der Waals surface area contributed by atoms with Crippen molar-refractivity contribution in [2.45, 2.75) is 18.2 Å².